The molecule has 1 heterocycles. The second kappa shape index (κ2) is 5.57. The van der Waals surface area contributed by atoms with Gasteiger partial charge in [0.1, 0.15) is 0 Å². The zero-order chi connectivity index (χ0) is 14.1. The normalized spacial score (nSPS) is 14.4. The van der Waals surface area contributed by atoms with Gasteiger partial charge in [-0.15, -0.1) is 5.10 Å². The summed E-state index contributed by atoms with van der Waals surface area (Å²) in [6, 6.07) is 7.50. The average molecular weight is 354 g/mol. The minimum absolute atomic E-state index is 0.0281. The summed E-state index contributed by atoms with van der Waals surface area (Å²) in [6.45, 7) is 0. The van der Waals surface area contributed by atoms with Gasteiger partial charge in [0.15, 0.2) is 10.9 Å². The van der Waals surface area contributed by atoms with Gasteiger partial charge in [0.2, 0.25) is 0 Å². The highest BCUT2D eigenvalue weighted by Crippen LogP contribution is 2.36. The van der Waals surface area contributed by atoms with Crippen LogP contribution in [0, 0.1) is 0 Å². The van der Waals surface area contributed by atoms with Gasteiger partial charge in [-0.1, -0.05) is 39.8 Å². The van der Waals surface area contributed by atoms with Crippen LogP contribution in [-0.2, 0) is 0 Å². The first kappa shape index (κ1) is 13.6. The first-order chi connectivity index (χ1) is 9.65. The van der Waals surface area contributed by atoms with Crippen molar-refractivity contribution in [3.05, 3.63) is 44.8 Å². The van der Waals surface area contributed by atoms with Crippen LogP contribution in [0.1, 0.15) is 29.2 Å². The van der Waals surface area contributed by atoms with Gasteiger partial charge in [-0.25, -0.2) is 9.89 Å². The summed E-state index contributed by atoms with van der Waals surface area (Å²) in [5, 5.41) is 7.03. The van der Waals surface area contributed by atoms with Crippen LogP contribution in [0.4, 0.5) is 0 Å². The smallest absolute Gasteiger partial charge is 0.293 e. The molecule has 0 unspecified atom stereocenters. The summed E-state index contributed by atoms with van der Waals surface area (Å²) >= 11 is 4.64. The van der Waals surface area contributed by atoms with Crippen LogP contribution >= 0.6 is 27.7 Å². The Morgan fingerprint density at radius 3 is 2.75 bits per heavy atom. The van der Waals surface area contributed by atoms with Gasteiger partial charge in [-0.2, -0.15) is 0 Å². The van der Waals surface area contributed by atoms with E-state index in [9.17, 15) is 9.59 Å². The highest BCUT2D eigenvalue weighted by molar-refractivity contribution is 9.10. The highest BCUT2D eigenvalue weighted by atomic mass is 79.9. The predicted octanol–water partition coefficient (Wildman–Crippen LogP) is 2.64. The standard InChI is InChI=1S/C13H12BrN3O2S/c14-9-3-1-8(2-4-9)11(18)7-20-13-16-15-12(19)17(13)10-5-6-10/h1-4,10H,5-7H2,(H,15,19). The van der Waals surface area contributed by atoms with E-state index in [-0.39, 0.29) is 23.3 Å². The van der Waals surface area contributed by atoms with Crippen molar-refractivity contribution in [2.75, 3.05) is 5.75 Å². The average Bonchev–Trinajstić information content (AvgIpc) is 3.21. The lowest BCUT2D eigenvalue weighted by molar-refractivity contribution is 0.102. The number of benzene rings is 1. The quantitative estimate of drug-likeness (QED) is 0.662. The zero-order valence-corrected chi connectivity index (χ0v) is 12.9. The van der Waals surface area contributed by atoms with Crippen LogP contribution < -0.4 is 5.69 Å². The van der Waals surface area contributed by atoms with E-state index >= 15 is 0 Å². The van der Waals surface area contributed by atoms with E-state index in [4.69, 9.17) is 0 Å². The summed E-state index contributed by atoms with van der Waals surface area (Å²) in [5.74, 6) is 0.304. The van der Waals surface area contributed by atoms with Crippen molar-refractivity contribution >= 4 is 33.5 Å². The maximum absolute atomic E-state index is 12.1. The van der Waals surface area contributed by atoms with Gasteiger partial charge < -0.3 is 0 Å². The van der Waals surface area contributed by atoms with Crippen molar-refractivity contribution in [2.24, 2.45) is 0 Å². The summed E-state index contributed by atoms with van der Waals surface area (Å²) in [5.41, 5.74) is 0.475. The number of thioether (sulfide) groups is 1. The molecular weight excluding hydrogens is 342 g/mol. The molecule has 0 bridgehead atoms. The molecule has 0 radical (unpaired) electrons. The molecule has 0 aliphatic heterocycles. The molecule has 5 nitrogen and oxygen atoms in total. The predicted molar refractivity (Wildman–Crippen MR) is 80.3 cm³/mol. The van der Waals surface area contributed by atoms with E-state index in [1.165, 1.54) is 11.8 Å². The minimum atomic E-state index is -0.189. The van der Waals surface area contributed by atoms with E-state index in [2.05, 4.69) is 26.1 Å². The molecule has 104 valence electrons. The van der Waals surface area contributed by atoms with E-state index in [1.807, 2.05) is 12.1 Å². The number of ketones is 1. The molecule has 1 aromatic heterocycles. The number of carbonyl (C=O) groups is 1. The van der Waals surface area contributed by atoms with E-state index in [0.29, 0.717) is 10.7 Å². The fourth-order valence-electron chi connectivity index (χ4n) is 1.90. The number of aromatic nitrogens is 3. The van der Waals surface area contributed by atoms with Crippen LogP contribution in [0.5, 0.6) is 0 Å². The minimum Gasteiger partial charge on any atom is -0.293 e. The Morgan fingerprint density at radius 2 is 2.10 bits per heavy atom. The van der Waals surface area contributed by atoms with Crippen molar-refractivity contribution in [3.8, 4) is 0 Å². The first-order valence-corrected chi connectivity index (χ1v) is 8.01. The Labute approximate surface area is 127 Å². The Bertz CT molecular complexity index is 688. The largest absolute Gasteiger partial charge is 0.344 e. The molecule has 1 N–H and O–H groups in total. The molecule has 3 rings (SSSR count). The van der Waals surface area contributed by atoms with Gasteiger partial charge in [0, 0.05) is 16.1 Å². The Morgan fingerprint density at radius 1 is 1.40 bits per heavy atom. The molecule has 0 atom stereocenters. The van der Waals surface area contributed by atoms with Crippen LogP contribution in [0.3, 0.4) is 0 Å². The van der Waals surface area contributed by atoms with Crippen molar-refractivity contribution in [1.82, 2.24) is 14.8 Å². The summed E-state index contributed by atoms with van der Waals surface area (Å²) in [4.78, 5) is 23.7. The van der Waals surface area contributed by atoms with Crippen LogP contribution in [0.15, 0.2) is 38.7 Å². The number of aromatic amines is 1. The summed E-state index contributed by atoms with van der Waals surface area (Å²) < 4.78 is 2.59. The number of hydrogen-bond donors (Lipinski definition) is 1. The molecule has 1 fully saturated rings. The monoisotopic (exact) mass is 353 g/mol. The molecule has 7 heteroatoms. The molecule has 0 saturated heterocycles. The number of H-pyrrole nitrogens is 1. The third-order valence-electron chi connectivity index (χ3n) is 3.08. The van der Waals surface area contributed by atoms with E-state index in [0.717, 1.165) is 17.3 Å². The topological polar surface area (TPSA) is 67.8 Å². The van der Waals surface area contributed by atoms with Gasteiger partial charge in [0.25, 0.3) is 0 Å². The Kier molecular flexibility index (Phi) is 3.80. The maximum Gasteiger partial charge on any atom is 0.344 e. The Balaban J connectivity index is 1.69. The molecule has 0 amide bonds. The van der Waals surface area contributed by atoms with E-state index < -0.39 is 0 Å². The number of hydrogen-bond acceptors (Lipinski definition) is 4. The number of nitrogens with zero attached hydrogens (tertiary/aromatic N) is 2. The van der Waals surface area contributed by atoms with E-state index in [1.54, 1.807) is 16.7 Å². The SMILES string of the molecule is O=C(CSc1n[nH]c(=O)n1C1CC1)c1ccc(Br)cc1. The zero-order valence-electron chi connectivity index (χ0n) is 10.5. The fraction of sp³-hybridized carbons (Fsp3) is 0.308. The third kappa shape index (κ3) is 2.88. The van der Waals surface area contributed by atoms with Crippen molar-refractivity contribution in [1.29, 1.82) is 0 Å². The molecule has 1 saturated carbocycles. The Hall–Kier alpha value is -1.34. The molecule has 0 spiro atoms. The number of Topliss-reactive ketones (excluding diaryl/α,β-unsaturated/α-hetero) is 1. The molecule has 1 aromatic carbocycles. The van der Waals surface area contributed by atoms with Gasteiger partial charge in [-0.3, -0.25) is 9.36 Å². The number of carbonyl (C=O) groups excluding carboxylic acids is 1. The van der Waals surface area contributed by atoms with Crippen molar-refractivity contribution in [2.45, 2.75) is 24.0 Å². The van der Waals surface area contributed by atoms with Gasteiger partial charge in [0.05, 0.1) is 5.75 Å². The van der Waals surface area contributed by atoms with Gasteiger partial charge >= 0.3 is 5.69 Å². The molecule has 20 heavy (non-hydrogen) atoms. The number of halogens is 1. The lowest BCUT2D eigenvalue weighted by Crippen LogP contribution is -2.16. The number of nitrogens with one attached hydrogen (secondary N) is 1. The van der Waals surface area contributed by atoms with Crippen molar-refractivity contribution < 1.29 is 4.79 Å². The summed E-state index contributed by atoms with van der Waals surface area (Å²) in [6.07, 6.45) is 2.02. The third-order valence-corrected chi connectivity index (χ3v) is 4.56. The van der Waals surface area contributed by atoms with Gasteiger partial charge in [-0.05, 0) is 25.0 Å². The van der Waals surface area contributed by atoms with Crippen molar-refractivity contribution in [3.63, 3.8) is 0 Å². The molecular formula is C13H12BrN3O2S. The van der Waals surface area contributed by atoms with Crippen LogP contribution in [0.2, 0.25) is 0 Å². The highest BCUT2D eigenvalue weighted by Gasteiger charge is 2.28. The number of rotatable bonds is 5. The first-order valence-electron chi connectivity index (χ1n) is 6.23. The summed E-state index contributed by atoms with van der Waals surface area (Å²) in [7, 11) is 0. The molecule has 1 aliphatic carbocycles. The lowest BCUT2D eigenvalue weighted by atomic mass is 10.2. The second-order valence-electron chi connectivity index (χ2n) is 4.63. The molecule has 2 aromatic rings. The second-order valence-corrected chi connectivity index (χ2v) is 6.49. The lowest BCUT2D eigenvalue weighted by Gasteiger charge is -2.03. The van der Waals surface area contributed by atoms with Crippen LogP contribution in [-0.4, -0.2) is 26.3 Å². The maximum atomic E-state index is 12.1. The van der Waals surface area contributed by atoms with Crippen LogP contribution in [0.25, 0.3) is 0 Å². The fourth-order valence-corrected chi connectivity index (χ4v) is 3.07. The molecule has 1 aliphatic rings.